The van der Waals surface area contributed by atoms with Gasteiger partial charge in [-0.25, -0.2) is 0 Å². The standard InChI is InChI=1S/C18H17Cl2N3O2S/c1-8-7-26-9(2)13(8)15-14(11-5-4-10(24)6-12(11)19)17(20)22-16(15)18(21-3)23-25/h4-7,22,24-25H,1-3H3,(H,21,23). The van der Waals surface area contributed by atoms with Crippen molar-refractivity contribution in [1.82, 2.24) is 10.5 Å². The van der Waals surface area contributed by atoms with E-state index < -0.39 is 0 Å². The van der Waals surface area contributed by atoms with E-state index in [-0.39, 0.29) is 11.6 Å². The van der Waals surface area contributed by atoms with E-state index in [1.165, 1.54) is 6.07 Å². The van der Waals surface area contributed by atoms with Gasteiger partial charge in [-0.2, -0.15) is 0 Å². The SMILES string of the molecule is CN=C(NO)c1[nH]c(Cl)c(-c2ccc(O)cc2Cl)c1-c1c(C)csc1C. The molecule has 0 radical (unpaired) electrons. The number of H-pyrrole nitrogens is 1. The van der Waals surface area contributed by atoms with Crippen molar-refractivity contribution in [2.24, 2.45) is 4.99 Å². The summed E-state index contributed by atoms with van der Waals surface area (Å²) in [7, 11) is 1.57. The van der Waals surface area contributed by atoms with Crippen molar-refractivity contribution >= 4 is 40.4 Å². The summed E-state index contributed by atoms with van der Waals surface area (Å²) in [6.45, 7) is 4.04. The Morgan fingerprint density at radius 3 is 2.46 bits per heavy atom. The van der Waals surface area contributed by atoms with Gasteiger partial charge < -0.3 is 10.1 Å². The van der Waals surface area contributed by atoms with Crippen molar-refractivity contribution in [3.8, 4) is 28.0 Å². The fourth-order valence-electron chi connectivity index (χ4n) is 3.02. The van der Waals surface area contributed by atoms with E-state index in [0.29, 0.717) is 27.0 Å². The number of hydroxylamine groups is 1. The molecular weight excluding hydrogens is 393 g/mol. The molecular formula is C18H17Cl2N3O2S. The van der Waals surface area contributed by atoms with Gasteiger partial charge in [0.2, 0.25) is 0 Å². The highest BCUT2D eigenvalue weighted by Crippen LogP contribution is 2.46. The minimum atomic E-state index is 0.0721. The van der Waals surface area contributed by atoms with Crippen molar-refractivity contribution < 1.29 is 10.3 Å². The van der Waals surface area contributed by atoms with Crippen LogP contribution in [0.3, 0.4) is 0 Å². The second-order valence-electron chi connectivity index (χ2n) is 5.76. The quantitative estimate of drug-likeness (QED) is 0.265. The average molecular weight is 410 g/mol. The lowest BCUT2D eigenvalue weighted by atomic mass is 9.94. The third-order valence-electron chi connectivity index (χ3n) is 4.15. The molecule has 0 amide bonds. The van der Waals surface area contributed by atoms with E-state index in [1.54, 1.807) is 30.5 Å². The number of phenolic OH excluding ortho intramolecular Hbond substituents is 1. The minimum Gasteiger partial charge on any atom is -0.508 e. The fraction of sp³-hybridized carbons (Fsp3) is 0.167. The number of aliphatic imine (C=N–C) groups is 1. The summed E-state index contributed by atoms with van der Waals surface area (Å²) in [5.74, 6) is 0.330. The van der Waals surface area contributed by atoms with Crippen molar-refractivity contribution in [1.29, 1.82) is 0 Å². The summed E-state index contributed by atoms with van der Waals surface area (Å²) in [5, 5.41) is 22.0. The molecule has 0 aliphatic rings. The number of halogens is 2. The van der Waals surface area contributed by atoms with Crippen LogP contribution in [-0.4, -0.2) is 28.2 Å². The maximum Gasteiger partial charge on any atom is 0.169 e. The molecule has 0 bridgehead atoms. The smallest absolute Gasteiger partial charge is 0.169 e. The lowest BCUT2D eigenvalue weighted by Gasteiger charge is -2.12. The molecule has 2 heterocycles. The molecule has 26 heavy (non-hydrogen) atoms. The van der Waals surface area contributed by atoms with Crippen molar-refractivity contribution in [3.63, 3.8) is 0 Å². The number of nitrogens with one attached hydrogen (secondary N) is 2. The van der Waals surface area contributed by atoms with Crippen LogP contribution in [0, 0.1) is 13.8 Å². The van der Waals surface area contributed by atoms with Crippen molar-refractivity contribution in [3.05, 3.63) is 49.9 Å². The number of nitrogens with zero attached hydrogens (tertiary/aromatic N) is 1. The number of hydrogen-bond donors (Lipinski definition) is 4. The van der Waals surface area contributed by atoms with E-state index >= 15 is 0 Å². The second kappa shape index (κ2) is 7.32. The number of amidine groups is 1. The summed E-state index contributed by atoms with van der Waals surface area (Å²) >= 11 is 14.5. The second-order valence-corrected chi connectivity index (χ2v) is 7.63. The number of hydrogen-bond acceptors (Lipinski definition) is 4. The van der Waals surface area contributed by atoms with Gasteiger partial charge in [0.15, 0.2) is 5.84 Å². The van der Waals surface area contributed by atoms with E-state index in [2.05, 4.69) is 20.8 Å². The zero-order chi connectivity index (χ0) is 19.0. The molecule has 136 valence electrons. The Kier molecular flexibility index (Phi) is 5.29. The predicted octanol–water partition coefficient (Wildman–Crippen LogP) is 5.39. The first-order chi connectivity index (χ1) is 12.4. The number of aromatic nitrogens is 1. The van der Waals surface area contributed by atoms with E-state index in [4.69, 9.17) is 23.2 Å². The van der Waals surface area contributed by atoms with Gasteiger partial charge in [0, 0.05) is 34.2 Å². The highest BCUT2D eigenvalue weighted by Gasteiger charge is 2.26. The maximum absolute atomic E-state index is 9.68. The number of aromatic amines is 1. The average Bonchev–Trinajstić information content (AvgIpc) is 3.08. The summed E-state index contributed by atoms with van der Waals surface area (Å²) in [5.41, 5.74) is 6.91. The molecule has 2 aromatic heterocycles. The van der Waals surface area contributed by atoms with E-state index in [0.717, 1.165) is 21.6 Å². The number of phenols is 1. The molecule has 8 heteroatoms. The molecule has 3 aromatic rings. The molecule has 0 aliphatic carbocycles. The fourth-order valence-corrected chi connectivity index (χ4v) is 4.43. The number of aryl methyl sites for hydroxylation is 2. The zero-order valence-electron chi connectivity index (χ0n) is 14.3. The van der Waals surface area contributed by atoms with Gasteiger partial charge in [0.25, 0.3) is 0 Å². The first kappa shape index (κ1) is 18.8. The Labute approximate surface area is 164 Å². The van der Waals surface area contributed by atoms with Gasteiger partial charge in [-0.1, -0.05) is 23.2 Å². The Morgan fingerprint density at radius 1 is 1.19 bits per heavy atom. The van der Waals surface area contributed by atoms with Crippen LogP contribution in [0.1, 0.15) is 16.1 Å². The molecule has 0 unspecified atom stereocenters. The highest BCUT2D eigenvalue weighted by molar-refractivity contribution is 7.10. The van der Waals surface area contributed by atoms with Gasteiger partial charge in [-0.3, -0.25) is 15.7 Å². The van der Waals surface area contributed by atoms with Crippen LogP contribution < -0.4 is 5.48 Å². The van der Waals surface area contributed by atoms with Gasteiger partial charge in [-0.05, 0) is 43.0 Å². The van der Waals surface area contributed by atoms with Gasteiger partial charge in [0.1, 0.15) is 10.9 Å². The molecule has 3 rings (SSSR count). The van der Waals surface area contributed by atoms with Crippen LogP contribution in [-0.2, 0) is 0 Å². The Balaban J connectivity index is 2.42. The number of thiophene rings is 1. The first-order valence-electron chi connectivity index (χ1n) is 7.71. The molecule has 0 saturated carbocycles. The third-order valence-corrected chi connectivity index (χ3v) is 5.78. The monoisotopic (exact) mass is 409 g/mol. The maximum atomic E-state index is 9.68. The van der Waals surface area contributed by atoms with Crippen LogP contribution in [0.4, 0.5) is 0 Å². The summed E-state index contributed by atoms with van der Waals surface area (Å²) in [6.07, 6.45) is 0. The van der Waals surface area contributed by atoms with Crippen molar-refractivity contribution in [2.45, 2.75) is 13.8 Å². The summed E-state index contributed by atoms with van der Waals surface area (Å²) in [4.78, 5) is 8.28. The van der Waals surface area contributed by atoms with Gasteiger partial charge in [0.05, 0.1) is 10.7 Å². The Bertz CT molecular complexity index is 989. The zero-order valence-corrected chi connectivity index (χ0v) is 16.6. The summed E-state index contributed by atoms with van der Waals surface area (Å²) < 4.78 is 0. The van der Waals surface area contributed by atoms with Crippen LogP contribution in [0.5, 0.6) is 5.75 Å². The molecule has 1 aromatic carbocycles. The Morgan fingerprint density at radius 2 is 1.92 bits per heavy atom. The number of aromatic hydroxyl groups is 1. The predicted molar refractivity (Wildman–Crippen MR) is 108 cm³/mol. The largest absolute Gasteiger partial charge is 0.508 e. The number of benzene rings is 1. The molecule has 0 spiro atoms. The van der Waals surface area contributed by atoms with E-state index in [9.17, 15) is 10.3 Å². The van der Waals surface area contributed by atoms with Gasteiger partial charge >= 0.3 is 0 Å². The lowest BCUT2D eigenvalue weighted by Crippen LogP contribution is -2.21. The summed E-state index contributed by atoms with van der Waals surface area (Å²) in [6, 6.07) is 4.74. The molecule has 4 N–H and O–H groups in total. The molecule has 0 saturated heterocycles. The Hall–Kier alpha value is -1.99. The van der Waals surface area contributed by atoms with Crippen LogP contribution in [0.2, 0.25) is 10.2 Å². The number of rotatable bonds is 3. The highest BCUT2D eigenvalue weighted by atomic mass is 35.5. The molecule has 0 aliphatic heterocycles. The minimum absolute atomic E-state index is 0.0721. The van der Waals surface area contributed by atoms with Crippen LogP contribution >= 0.6 is 34.5 Å². The van der Waals surface area contributed by atoms with E-state index in [1.807, 2.05) is 13.8 Å². The molecule has 0 fully saturated rings. The molecule has 0 atom stereocenters. The van der Waals surface area contributed by atoms with Crippen molar-refractivity contribution in [2.75, 3.05) is 7.05 Å². The lowest BCUT2D eigenvalue weighted by molar-refractivity contribution is 0.234. The van der Waals surface area contributed by atoms with Crippen LogP contribution in [0.25, 0.3) is 22.3 Å². The normalized spacial score (nSPS) is 11.8. The van der Waals surface area contributed by atoms with Gasteiger partial charge in [-0.15, -0.1) is 11.3 Å². The van der Waals surface area contributed by atoms with Crippen LogP contribution in [0.15, 0.2) is 28.6 Å². The topological polar surface area (TPSA) is 80.6 Å². The molecule has 5 nitrogen and oxygen atoms in total. The first-order valence-corrected chi connectivity index (χ1v) is 9.35. The third kappa shape index (κ3) is 3.10.